The van der Waals surface area contributed by atoms with Crippen molar-refractivity contribution in [2.75, 3.05) is 13.2 Å². The smallest absolute Gasteiger partial charge is 0.151 e. The number of rotatable bonds is 6. The second-order valence-corrected chi connectivity index (χ2v) is 3.66. The lowest BCUT2D eigenvalue weighted by molar-refractivity contribution is -0.130. The van der Waals surface area contributed by atoms with Crippen molar-refractivity contribution < 1.29 is 14.6 Å². The lowest BCUT2D eigenvalue weighted by Gasteiger charge is -2.23. The Hall–Kier alpha value is -1.19. The number of benzene rings is 1. The Labute approximate surface area is 89.7 Å². The number of aliphatic hydroxyl groups excluding tert-OH is 1. The molecule has 3 heteroatoms. The minimum absolute atomic E-state index is 0.0712. The molecule has 0 aliphatic rings. The van der Waals surface area contributed by atoms with E-state index in [0.29, 0.717) is 6.42 Å². The Morgan fingerprint density at radius 2 is 2.07 bits per heavy atom. The molecule has 1 atom stereocenters. The van der Waals surface area contributed by atoms with E-state index in [2.05, 4.69) is 0 Å². The summed E-state index contributed by atoms with van der Waals surface area (Å²) < 4.78 is 5.31. The minimum Gasteiger partial charge on any atom is -0.394 e. The molecule has 1 N–H and O–H groups in total. The van der Waals surface area contributed by atoms with Gasteiger partial charge in [0.25, 0.3) is 0 Å². The maximum atomic E-state index is 10.9. The van der Waals surface area contributed by atoms with Gasteiger partial charge in [-0.3, -0.25) is 0 Å². The van der Waals surface area contributed by atoms with Crippen LogP contribution in [0.25, 0.3) is 0 Å². The molecule has 1 unspecified atom stereocenters. The van der Waals surface area contributed by atoms with E-state index >= 15 is 0 Å². The number of hydrogen-bond acceptors (Lipinski definition) is 3. The highest BCUT2D eigenvalue weighted by Crippen LogP contribution is 2.15. The Balaban J connectivity index is 2.63. The van der Waals surface area contributed by atoms with Gasteiger partial charge in [0, 0.05) is 6.42 Å². The largest absolute Gasteiger partial charge is 0.394 e. The molecule has 0 amide bonds. The number of ether oxygens (including phenoxy) is 1. The van der Waals surface area contributed by atoms with E-state index in [9.17, 15) is 4.79 Å². The van der Waals surface area contributed by atoms with Crippen molar-refractivity contribution in [1.29, 1.82) is 0 Å². The van der Waals surface area contributed by atoms with Crippen molar-refractivity contribution >= 4 is 6.29 Å². The summed E-state index contributed by atoms with van der Waals surface area (Å²) in [7, 11) is 0. The number of carbonyl (C=O) groups is 1. The highest BCUT2D eigenvalue weighted by molar-refractivity contribution is 5.62. The second-order valence-electron chi connectivity index (χ2n) is 3.66. The maximum Gasteiger partial charge on any atom is 0.151 e. The predicted molar refractivity (Wildman–Crippen MR) is 57.7 cm³/mol. The van der Waals surface area contributed by atoms with Crippen LogP contribution in [0, 0.1) is 0 Å². The summed E-state index contributed by atoms with van der Waals surface area (Å²) in [6.45, 7) is 1.84. The number of hydrogen-bond donors (Lipinski definition) is 1. The van der Waals surface area contributed by atoms with Crippen LogP contribution in [-0.4, -0.2) is 30.2 Å². The summed E-state index contributed by atoms with van der Waals surface area (Å²) in [6, 6.07) is 9.67. The molecule has 1 aromatic rings. The van der Waals surface area contributed by atoms with Gasteiger partial charge in [-0.15, -0.1) is 0 Å². The molecule has 0 saturated heterocycles. The third kappa shape index (κ3) is 3.81. The zero-order valence-corrected chi connectivity index (χ0v) is 8.85. The molecule has 15 heavy (non-hydrogen) atoms. The summed E-state index contributed by atoms with van der Waals surface area (Å²) in [4.78, 5) is 10.9. The molecule has 1 aromatic carbocycles. The van der Waals surface area contributed by atoms with Crippen LogP contribution in [0.2, 0.25) is 0 Å². The van der Waals surface area contributed by atoms with Gasteiger partial charge in [-0.2, -0.15) is 0 Å². The Kier molecular flexibility index (Phi) is 4.46. The zero-order valence-electron chi connectivity index (χ0n) is 8.85. The molecular weight excluding hydrogens is 192 g/mol. The van der Waals surface area contributed by atoms with Gasteiger partial charge in [0.2, 0.25) is 0 Å². The fraction of sp³-hybridized carbons (Fsp3) is 0.417. The molecular formula is C12H16O3. The molecule has 0 aliphatic heterocycles. The van der Waals surface area contributed by atoms with Gasteiger partial charge < -0.3 is 14.6 Å². The lowest BCUT2D eigenvalue weighted by Crippen LogP contribution is -2.34. The molecule has 0 saturated carbocycles. The van der Waals surface area contributed by atoms with Crippen LogP contribution in [0.5, 0.6) is 0 Å². The average Bonchev–Trinajstić information content (AvgIpc) is 2.28. The first-order valence-electron chi connectivity index (χ1n) is 4.95. The minimum atomic E-state index is -0.843. The maximum absolute atomic E-state index is 10.9. The van der Waals surface area contributed by atoms with Crippen molar-refractivity contribution in [3.05, 3.63) is 35.9 Å². The van der Waals surface area contributed by atoms with E-state index in [1.807, 2.05) is 30.3 Å². The highest BCUT2D eigenvalue weighted by atomic mass is 16.5. The van der Waals surface area contributed by atoms with Crippen molar-refractivity contribution in [3.63, 3.8) is 0 Å². The van der Waals surface area contributed by atoms with Crippen LogP contribution in [0.15, 0.2) is 30.3 Å². The summed E-state index contributed by atoms with van der Waals surface area (Å²) in [5, 5.41) is 8.65. The van der Waals surface area contributed by atoms with Gasteiger partial charge in [0.05, 0.1) is 13.2 Å². The van der Waals surface area contributed by atoms with Gasteiger partial charge in [0.15, 0.2) is 6.29 Å². The van der Waals surface area contributed by atoms with Crippen molar-refractivity contribution in [3.8, 4) is 0 Å². The van der Waals surface area contributed by atoms with E-state index in [1.54, 1.807) is 6.92 Å². The van der Waals surface area contributed by atoms with E-state index in [0.717, 1.165) is 11.8 Å². The van der Waals surface area contributed by atoms with Crippen LogP contribution in [0.4, 0.5) is 0 Å². The van der Waals surface area contributed by atoms with Gasteiger partial charge in [0.1, 0.15) is 5.60 Å². The molecule has 0 bridgehead atoms. The normalized spacial score (nSPS) is 14.5. The first kappa shape index (κ1) is 11.9. The first-order chi connectivity index (χ1) is 7.20. The number of aldehydes is 1. The highest BCUT2D eigenvalue weighted by Gasteiger charge is 2.24. The molecule has 1 rings (SSSR count). The van der Waals surface area contributed by atoms with Crippen molar-refractivity contribution in [1.82, 2.24) is 0 Å². The fourth-order valence-corrected chi connectivity index (χ4v) is 1.41. The van der Waals surface area contributed by atoms with Crippen LogP contribution in [0.3, 0.4) is 0 Å². The Morgan fingerprint density at radius 1 is 1.40 bits per heavy atom. The molecule has 3 nitrogen and oxygen atoms in total. The van der Waals surface area contributed by atoms with E-state index in [1.165, 1.54) is 0 Å². The third-order valence-electron chi connectivity index (χ3n) is 2.17. The van der Waals surface area contributed by atoms with Gasteiger partial charge in [-0.05, 0) is 12.5 Å². The molecule has 82 valence electrons. The predicted octanol–water partition coefficient (Wildman–Crippen LogP) is 1.20. The molecule has 0 radical (unpaired) electrons. The summed E-state index contributed by atoms with van der Waals surface area (Å²) >= 11 is 0. The van der Waals surface area contributed by atoms with E-state index < -0.39 is 5.60 Å². The van der Waals surface area contributed by atoms with Crippen LogP contribution >= 0.6 is 0 Å². The first-order valence-corrected chi connectivity index (χ1v) is 4.95. The third-order valence-corrected chi connectivity index (χ3v) is 2.17. The number of aliphatic hydroxyl groups is 1. The second kappa shape index (κ2) is 5.63. The molecule has 0 aromatic heterocycles. The van der Waals surface area contributed by atoms with E-state index in [-0.39, 0.29) is 13.2 Å². The summed E-state index contributed by atoms with van der Waals surface area (Å²) in [6.07, 6.45) is 1.31. The molecule has 0 fully saturated rings. The molecule has 0 heterocycles. The summed E-state index contributed by atoms with van der Waals surface area (Å²) in [5.74, 6) is 0. The lowest BCUT2D eigenvalue weighted by atomic mass is 9.98. The topological polar surface area (TPSA) is 46.5 Å². The average molecular weight is 208 g/mol. The van der Waals surface area contributed by atoms with Gasteiger partial charge >= 0.3 is 0 Å². The fourth-order valence-electron chi connectivity index (χ4n) is 1.41. The van der Waals surface area contributed by atoms with E-state index in [4.69, 9.17) is 9.84 Å². The SMILES string of the molecule is CC(C=O)(Cc1ccccc1)OCCO. The monoisotopic (exact) mass is 208 g/mol. The van der Waals surface area contributed by atoms with Crippen molar-refractivity contribution in [2.24, 2.45) is 0 Å². The molecule has 0 aliphatic carbocycles. The zero-order chi connectivity index (χ0) is 11.1. The van der Waals surface area contributed by atoms with Crippen LogP contribution in [0.1, 0.15) is 12.5 Å². The van der Waals surface area contributed by atoms with Crippen LogP contribution in [-0.2, 0) is 16.0 Å². The quantitative estimate of drug-likeness (QED) is 0.714. The Bertz CT molecular complexity index is 297. The number of carbonyl (C=O) groups excluding carboxylic acids is 1. The van der Waals surface area contributed by atoms with Gasteiger partial charge in [-0.1, -0.05) is 30.3 Å². The Morgan fingerprint density at radius 3 is 2.60 bits per heavy atom. The van der Waals surface area contributed by atoms with Gasteiger partial charge in [-0.25, -0.2) is 0 Å². The summed E-state index contributed by atoms with van der Waals surface area (Å²) in [5.41, 5.74) is 0.203. The van der Waals surface area contributed by atoms with Crippen LogP contribution < -0.4 is 0 Å². The standard InChI is InChI=1S/C12H16O3/c1-12(10-14,15-8-7-13)9-11-5-3-2-4-6-11/h2-6,10,13H,7-9H2,1H3. The van der Waals surface area contributed by atoms with Crippen molar-refractivity contribution in [2.45, 2.75) is 18.9 Å². The molecule has 0 spiro atoms.